The molecule has 1 amide bonds. The number of H-pyrrole nitrogens is 1. The molecule has 2 aromatic carbocycles. The summed E-state index contributed by atoms with van der Waals surface area (Å²) in [5, 5.41) is 9.10. The maximum Gasteiger partial charge on any atom is 0.226 e. The average Bonchev–Trinajstić information content (AvgIpc) is 3.41. The summed E-state index contributed by atoms with van der Waals surface area (Å²) in [6.07, 6.45) is 5.19. The Morgan fingerprint density at radius 3 is 2.23 bits per heavy atom. The van der Waals surface area contributed by atoms with E-state index in [0.29, 0.717) is 5.56 Å². The van der Waals surface area contributed by atoms with Crippen molar-refractivity contribution < 1.29 is 4.79 Å². The van der Waals surface area contributed by atoms with Crippen molar-refractivity contribution in [2.24, 2.45) is 11.3 Å². The molecule has 1 aliphatic heterocycles. The summed E-state index contributed by atoms with van der Waals surface area (Å²) in [6, 6.07) is 20.5. The van der Waals surface area contributed by atoms with E-state index in [0.717, 1.165) is 44.7 Å². The third-order valence-corrected chi connectivity index (χ3v) is 7.08. The first-order valence-corrected chi connectivity index (χ1v) is 12.4. The molecule has 2 heterocycles. The number of imidazole rings is 1. The van der Waals surface area contributed by atoms with E-state index in [9.17, 15) is 4.79 Å². The number of carbonyl (C=O) groups excluding carboxylic acids is 1. The van der Waals surface area contributed by atoms with Crippen molar-refractivity contribution in [3.63, 3.8) is 0 Å². The van der Waals surface area contributed by atoms with Gasteiger partial charge in [-0.15, -0.1) is 0 Å². The monoisotopic (exact) mass is 469 g/mol. The number of carbonyl (C=O) groups is 1. The number of rotatable bonds is 7. The van der Waals surface area contributed by atoms with Crippen molar-refractivity contribution in [3.05, 3.63) is 89.5 Å². The number of hydrogen-bond donors (Lipinski definition) is 1. The normalized spacial score (nSPS) is 16.5. The van der Waals surface area contributed by atoms with Crippen LogP contribution in [0.4, 0.5) is 0 Å². The Morgan fingerprint density at radius 1 is 1.00 bits per heavy atom. The molecule has 0 aliphatic carbocycles. The van der Waals surface area contributed by atoms with Crippen molar-refractivity contribution in [2.75, 3.05) is 26.2 Å². The van der Waals surface area contributed by atoms with Crippen LogP contribution < -0.4 is 0 Å². The standard InChI is InChI=1S/C29H35N5O/c1-29(2,3)25(17-22-7-5-4-6-8-22)28(35)34-15-13-33(14-16-34)27(26-20-31-21-32-26)18-23-9-11-24(19-30)12-10-23/h4-12,20-21,25,27H,13-18H2,1-3H3,(H,31,32). The molecule has 0 radical (unpaired) electrons. The third-order valence-electron chi connectivity index (χ3n) is 7.08. The molecule has 1 saturated heterocycles. The zero-order valence-corrected chi connectivity index (χ0v) is 20.9. The molecule has 2 atom stereocenters. The smallest absolute Gasteiger partial charge is 0.226 e. The molecule has 35 heavy (non-hydrogen) atoms. The fraction of sp³-hybridized carbons (Fsp3) is 0.414. The minimum absolute atomic E-state index is 0.0569. The molecule has 0 saturated carbocycles. The molecule has 0 spiro atoms. The van der Waals surface area contributed by atoms with Crippen LogP contribution in [0.1, 0.15) is 49.2 Å². The van der Waals surface area contributed by atoms with Crippen LogP contribution in [-0.2, 0) is 17.6 Å². The molecular formula is C29H35N5O. The van der Waals surface area contributed by atoms with Crippen LogP contribution >= 0.6 is 0 Å². The lowest BCUT2D eigenvalue weighted by Crippen LogP contribution is -2.53. The molecule has 0 bridgehead atoms. The van der Waals surface area contributed by atoms with Gasteiger partial charge in [0.2, 0.25) is 5.91 Å². The highest BCUT2D eigenvalue weighted by Crippen LogP contribution is 2.32. The molecule has 1 aliphatic rings. The number of amides is 1. The first-order valence-electron chi connectivity index (χ1n) is 12.4. The first kappa shape index (κ1) is 24.7. The highest BCUT2D eigenvalue weighted by Gasteiger charge is 2.36. The minimum atomic E-state index is -0.113. The van der Waals surface area contributed by atoms with Crippen molar-refractivity contribution in [2.45, 2.75) is 39.7 Å². The minimum Gasteiger partial charge on any atom is -0.347 e. The second kappa shape index (κ2) is 10.9. The van der Waals surface area contributed by atoms with Gasteiger partial charge in [-0.3, -0.25) is 9.69 Å². The van der Waals surface area contributed by atoms with E-state index in [2.05, 4.69) is 58.7 Å². The number of piperazine rings is 1. The van der Waals surface area contributed by atoms with Crippen LogP contribution in [0.5, 0.6) is 0 Å². The van der Waals surface area contributed by atoms with Crippen LogP contribution in [0.25, 0.3) is 0 Å². The van der Waals surface area contributed by atoms with Crippen LogP contribution in [0, 0.1) is 22.7 Å². The van der Waals surface area contributed by atoms with E-state index in [-0.39, 0.29) is 23.3 Å². The molecule has 3 aromatic rings. The number of hydrogen-bond acceptors (Lipinski definition) is 4. The zero-order valence-electron chi connectivity index (χ0n) is 20.9. The molecular weight excluding hydrogens is 434 g/mol. The Kier molecular flexibility index (Phi) is 7.67. The summed E-state index contributed by atoms with van der Waals surface area (Å²) in [4.78, 5) is 25.7. The topological polar surface area (TPSA) is 76.0 Å². The van der Waals surface area contributed by atoms with E-state index in [1.165, 1.54) is 11.1 Å². The maximum atomic E-state index is 13.7. The maximum absolute atomic E-state index is 13.7. The molecule has 2 unspecified atom stereocenters. The number of nitriles is 1. The average molecular weight is 470 g/mol. The first-order chi connectivity index (χ1) is 16.8. The molecule has 4 rings (SSSR count). The van der Waals surface area contributed by atoms with Gasteiger partial charge in [0.05, 0.1) is 29.7 Å². The van der Waals surface area contributed by atoms with Gasteiger partial charge < -0.3 is 9.88 Å². The van der Waals surface area contributed by atoms with Crippen molar-refractivity contribution in [1.82, 2.24) is 19.8 Å². The van der Waals surface area contributed by atoms with Crippen molar-refractivity contribution in [3.8, 4) is 6.07 Å². The van der Waals surface area contributed by atoms with Crippen LogP contribution in [0.15, 0.2) is 67.1 Å². The molecule has 182 valence electrons. The fourth-order valence-electron chi connectivity index (χ4n) is 4.91. The molecule has 1 N–H and O–H groups in total. The number of aromatic nitrogens is 2. The largest absolute Gasteiger partial charge is 0.347 e. The summed E-state index contributed by atoms with van der Waals surface area (Å²) in [5.74, 6) is 0.199. The number of nitrogens with zero attached hydrogens (tertiary/aromatic N) is 4. The fourth-order valence-corrected chi connectivity index (χ4v) is 4.91. The molecule has 6 heteroatoms. The quantitative estimate of drug-likeness (QED) is 0.548. The Labute approximate surface area is 208 Å². The SMILES string of the molecule is CC(C)(C)C(Cc1ccccc1)C(=O)N1CCN(C(Cc2ccc(C#N)cc2)c2cnc[nH]2)CC1. The van der Waals surface area contributed by atoms with Gasteiger partial charge in [0.25, 0.3) is 0 Å². The van der Waals surface area contributed by atoms with Gasteiger partial charge in [-0.1, -0.05) is 63.2 Å². The van der Waals surface area contributed by atoms with Crippen molar-refractivity contribution >= 4 is 5.91 Å². The Bertz CT molecular complexity index is 1120. The van der Waals surface area contributed by atoms with Crippen LogP contribution in [0.3, 0.4) is 0 Å². The molecule has 6 nitrogen and oxygen atoms in total. The molecule has 1 aromatic heterocycles. The second-order valence-electron chi connectivity index (χ2n) is 10.5. The van der Waals surface area contributed by atoms with Gasteiger partial charge in [0.1, 0.15) is 0 Å². The number of aromatic amines is 1. The van der Waals surface area contributed by atoms with Gasteiger partial charge in [-0.25, -0.2) is 4.98 Å². The highest BCUT2D eigenvalue weighted by atomic mass is 16.2. The van der Waals surface area contributed by atoms with E-state index in [1.54, 1.807) is 6.33 Å². The Balaban J connectivity index is 1.44. The lowest BCUT2D eigenvalue weighted by Gasteiger charge is -2.42. The van der Waals surface area contributed by atoms with Gasteiger partial charge >= 0.3 is 0 Å². The van der Waals surface area contributed by atoms with Crippen molar-refractivity contribution in [1.29, 1.82) is 5.26 Å². The Morgan fingerprint density at radius 2 is 1.66 bits per heavy atom. The summed E-state index contributed by atoms with van der Waals surface area (Å²) in [5.41, 5.74) is 4.02. The van der Waals surface area contributed by atoms with Gasteiger partial charge in [-0.05, 0) is 41.5 Å². The predicted molar refractivity (Wildman–Crippen MR) is 137 cm³/mol. The Hall–Kier alpha value is -3.43. The second-order valence-corrected chi connectivity index (χ2v) is 10.5. The summed E-state index contributed by atoms with van der Waals surface area (Å²) < 4.78 is 0. The lowest BCUT2D eigenvalue weighted by atomic mass is 9.76. The number of benzene rings is 2. The summed E-state index contributed by atoms with van der Waals surface area (Å²) in [7, 11) is 0. The predicted octanol–water partition coefficient (Wildman–Crippen LogP) is 4.61. The summed E-state index contributed by atoms with van der Waals surface area (Å²) >= 11 is 0. The van der Waals surface area contributed by atoms with Crippen LogP contribution in [0.2, 0.25) is 0 Å². The van der Waals surface area contributed by atoms with Gasteiger partial charge in [-0.2, -0.15) is 5.26 Å². The number of nitrogens with one attached hydrogen (secondary N) is 1. The van der Waals surface area contributed by atoms with Gasteiger partial charge in [0, 0.05) is 38.3 Å². The molecule has 1 fully saturated rings. The zero-order chi connectivity index (χ0) is 24.8. The highest BCUT2D eigenvalue weighted by molar-refractivity contribution is 5.80. The third kappa shape index (κ3) is 6.17. The van der Waals surface area contributed by atoms with Gasteiger partial charge in [0.15, 0.2) is 0 Å². The van der Waals surface area contributed by atoms with E-state index < -0.39 is 0 Å². The van der Waals surface area contributed by atoms with E-state index >= 15 is 0 Å². The lowest BCUT2D eigenvalue weighted by molar-refractivity contribution is -0.141. The summed E-state index contributed by atoms with van der Waals surface area (Å²) in [6.45, 7) is 9.57. The van der Waals surface area contributed by atoms with E-state index in [4.69, 9.17) is 5.26 Å². The van der Waals surface area contributed by atoms with E-state index in [1.807, 2.05) is 48.7 Å². The van der Waals surface area contributed by atoms with Crippen LogP contribution in [-0.4, -0.2) is 51.9 Å².